The van der Waals surface area contributed by atoms with Gasteiger partial charge in [-0.25, -0.2) is 4.98 Å². The van der Waals surface area contributed by atoms with Gasteiger partial charge in [0.2, 0.25) is 0 Å². The Morgan fingerprint density at radius 3 is 2.71 bits per heavy atom. The number of carbonyl (C=O) groups is 1. The lowest BCUT2D eigenvalue weighted by Crippen LogP contribution is -2.21. The van der Waals surface area contributed by atoms with Gasteiger partial charge in [-0.05, 0) is 43.3 Å². The van der Waals surface area contributed by atoms with E-state index < -0.39 is 0 Å². The quantitative estimate of drug-likeness (QED) is 0.323. The molecule has 0 unspecified atom stereocenters. The molecule has 0 radical (unpaired) electrons. The summed E-state index contributed by atoms with van der Waals surface area (Å²) in [5.41, 5.74) is 1.31. The summed E-state index contributed by atoms with van der Waals surface area (Å²) in [7, 11) is 1.46. The summed E-state index contributed by atoms with van der Waals surface area (Å²) in [6, 6.07) is 17.5. The van der Waals surface area contributed by atoms with Crippen molar-refractivity contribution in [3.63, 3.8) is 0 Å². The molecule has 8 nitrogen and oxygen atoms in total. The number of rotatable bonds is 7. The largest absolute Gasteiger partial charge is 0.493 e. The standard InChI is InChI=1S/C25H20BrClN4O4/c1-15-29-21-9-8-17(26)11-20(21)25(33)31(15)28-13-16-10-18(27)12-22(34-2)24(16)35-14-23(32)30-19-6-4-3-5-7-19/h3-13H,14H2,1-2H3,(H,30,32). The van der Waals surface area contributed by atoms with Gasteiger partial charge >= 0.3 is 0 Å². The highest BCUT2D eigenvalue weighted by molar-refractivity contribution is 9.10. The van der Waals surface area contributed by atoms with Crippen LogP contribution in [-0.4, -0.2) is 35.5 Å². The number of ether oxygens (including phenoxy) is 2. The van der Waals surface area contributed by atoms with Gasteiger partial charge in [0.1, 0.15) is 5.82 Å². The Bertz CT molecular complexity index is 1490. The molecule has 0 bridgehead atoms. The number of nitrogens with zero attached hydrogens (tertiary/aromatic N) is 3. The lowest BCUT2D eigenvalue weighted by atomic mass is 10.2. The number of hydrogen-bond donors (Lipinski definition) is 1. The van der Waals surface area contributed by atoms with Crippen molar-refractivity contribution in [2.45, 2.75) is 6.92 Å². The van der Waals surface area contributed by atoms with Crippen molar-refractivity contribution < 1.29 is 14.3 Å². The molecular formula is C25H20BrClN4O4. The molecule has 1 amide bonds. The highest BCUT2D eigenvalue weighted by Crippen LogP contribution is 2.34. The summed E-state index contributed by atoms with van der Waals surface area (Å²) < 4.78 is 13.1. The van der Waals surface area contributed by atoms with Crippen molar-refractivity contribution in [2.24, 2.45) is 5.10 Å². The molecule has 0 atom stereocenters. The SMILES string of the molecule is COc1cc(Cl)cc(C=Nn2c(C)nc3ccc(Br)cc3c2=O)c1OCC(=O)Nc1ccccc1. The molecule has 0 aliphatic rings. The van der Waals surface area contributed by atoms with Crippen LogP contribution in [0.25, 0.3) is 10.9 Å². The average molecular weight is 556 g/mol. The second-order valence-electron chi connectivity index (χ2n) is 7.41. The van der Waals surface area contributed by atoms with E-state index in [-0.39, 0.29) is 23.8 Å². The molecule has 178 valence electrons. The number of aryl methyl sites for hydroxylation is 1. The van der Waals surface area contributed by atoms with Crippen LogP contribution in [0.3, 0.4) is 0 Å². The molecule has 0 saturated heterocycles. The van der Waals surface area contributed by atoms with Crippen LogP contribution in [0.5, 0.6) is 11.5 Å². The number of nitrogens with one attached hydrogen (secondary N) is 1. The monoisotopic (exact) mass is 554 g/mol. The van der Waals surface area contributed by atoms with E-state index in [0.29, 0.717) is 38.8 Å². The number of aromatic nitrogens is 2. The van der Waals surface area contributed by atoms with Gasteiger partial charge in [0.15, 0.2) is 18.1 Å². The molecule has 0 saturated carbocycles. The third-order valence-electron chi connectivity index (χ3n) is 4.96. The van der Waals surface area contributed by atoms with Crippen molar-refractivity contribution in [1.82, 2.24) is 9.66 Å². The molecular weight excluding hydrogens is 536 g/mol. The number of methoxy groups -OCH3 is 1. The number of benzene rings is 3. The highest BCUT2D eigenvalue weighted by Gasteiger charge is 2.15. The number of halogens is 2. The molecule has 0 aliphatic carbocycles. The molecule has 0 aliphatic heterocycles. The Labute approximate surface area is 214 Å². The zero-order valence-corrected chi connectivity index (χ0v) is 21.1. The van der Waals surface area contributed by atoms with Crippen LogP contribution in [0.1, 0.15) is 11.4 Å². The summed E-state index contributed by atoms with van der Waals surface area (Å²) in [5.74, 6) is 0.620. The number of fused-ring (bicyclic) bond motifs is 1. The van der Waals surface area contributed by atoms with E-state index in [9.17, 15) is 9.59 Å². The van der Waals surface area contributed by atoms with E-state index >= 15 is 0 Å². The normalized spacial score (nSPS) is 11.1. The first-order chi connectivity index (χ1) is 16.9. The zero-order valence-electron chi connectivity index (χ0n) is 18.8. The van der Waals surface area contributed by atoms with Crippen molar-refractivity contribution >= 4 is 56.2 Å². The first-order valence-electron chi connectivity index (χ1n) is 10.4. The first kappa shape index (κ1) is 24.4. The fourth-order valence-electron chi connectivity index (χ4n) is 3.36. The van der Waals surface area contributed by atoms with Crippen molar-refractivity contribution in [1.29, 1.82) is 0 Å². The Morgan fingerprint density at radius 2 is 1.97 bits per heavy atom. The summed E-state index contributed by atoms with van der Waals surface area (Å²) in [6.45, 7) is 1.41. The summed E-state index contributed by atoms with van der Waals surface area (Å²) in [4.78, 5) is 29.9. The number of carbonyl (C=O) groups excluding carboxylic acids is 1. The van der Waals surface area contributed by atoms with E-state index in [0.717, 1.165) is 4.47 Å². The van der Waals surface area contributed by atoms with Crippen LogP contribution >= 0.6 is 27.5 Å². The minimum Gasteiger partial charge on any atom is -0.493 e. The van der Waals surface area contributed by atoms with Crippen LogP contribution in [0.4, 0.5) is 5.69 Å². The Morgan fingerprint density at radius 1 is 1.20 bits per heavy atom. The maximum absolute atomic E-state index is 13.0. The van der Waals surface area contributed by atoms with Gasteiger partial charge in [0, 0.05) is 26.8 Å². The Hall–Kier alpha value is -3.69. The first-order valence-corrected chi connectivity index (χ1v) is 11.6. The number of hydrogen-bond acceptors (Lipinski definition) is 6. The molecule has 10 heteroatoms. The topological polar surface area (TPSA) is 94.8 Å². The van der Waals surface area contributed by atoms with Crippen molar-refractivity contribution in [3.8, 4) is 11.5 Å². The van der Waals surface area contributed by atoms with Crippen molar-refractivity contribution in [2.75, 3.05) is 19.0 Å². The van der Waals surface area contributed by atoms with E-state index in [1.165, 1.54) is 18.0 Å². The predicted molar refractivity (Wildman–Crippen MR) is 140 cm³/mol. The van der Waals surface area contributed by atoms with Gasteiger partial charge in [0.05, 0.1) is 24.2 Å². The number of anilines is 1. The summed E-state index contributed by atoms with van der Waals surface area (Å²) in [6.07, 6.45) is 1.42. The molecule has 3 aromatic carbocycles. The third kappa shape index (κ3) is 5.70. The van der Waals surface area contributed by atoms with Crippen LogP contribution in [-0.2, 0) is 4.79 Å². The lowest BCUT2D eigenvalue weighted by Gasteiger charge is -2.14. The minimum atomic E-state index is -0.354. The van der Waals surface area contributed by atoms with Crippen LogP contribution < -0.4 is 20.3 Å². The second kappa shape index (κ2) is 10.7. The molecule has 0 spiro atoms. The number of para-hydroxylation sites is 1. The maximum atomic E-state index is 13.0. The molecule has 4 rings (SSSR count). The van der Waals surface area contributed by atoms with Crippen LogP contribution in [0.2, 0.25) is 5.02 Å². The Balaban J connectivity index is 1.65. The van der Waals surface area contributed by atoms with Gasteiger partial charge in [0.25, 0.3) is 11.5 Å². The zero-order chi connectivity index (χ0) is 24.9. The van der Waals surface area contributed by atoms with Crippen LogP contribution in [0, 0.1) is 6.92 Å². The van der Waals surface area contributed by atoms with Gasteiger partial charge in [-0.3, -0.25) is 9.59 Å². The third-order valence-corrected chi connectivity index (χ3v) is 5.67. The minimum absolute atomic E-state index is 0.256. The van der Waals surface area contributed by atoms with Crippen LogP contribution in [0.15, 0.2) is 75.0 Å². The fraction of sp³-hybridized carbons (Fsp3) is 0.120. The van der Waals surface area contributed by atoms with E-state index in [1.807, 2.05) is 24.3 Å². The van der Waals surface area contributed by atoms with E-state index in [1.54, 1.807) is 43.3 Å². The summed E-state index contributed by atoms with van der Waals surface area (Å²) in [5, 5.41) is 7.87. The maximum Gasteiger partial charge on any atom is 0.282 e. The molecule has 1 heterocycles. The van der Waals surface area contributed by atoms with Crippen molar-refractivity contribution in [3.05, 3.63) is 91.9 Å². The fourth-order valence-corrected chi connectivity index (χ4v) is 3.94. The van der Waals surface area contributed by atoms with E-state index in [2.05, 4.69) is 31.3 Å². The van der Waals surface area contributed by atoms with Gasteiger partial charge in [-0.1, -0.05) is 45.7 Å². The molecule has 4 aromatic rings. The number of amides is 1. The van der Waals surface area contributed by atoms with Gasteiger partial charge < -0.3 is 14.8 Å². The Kier molecular flexibility index (Phi) is 7.48. The second-order valence-corrected chi connectivity index (χ2v) is 8.76. The summed E-state index contributed by atoms with van der Waals surface area (Å²) >= 11 is 9.62. The molecule has 0 fully saturated rings. The average Bonchev–Trinajstić information content (AvgIpc) is 2.84. The molecule has 35 heavy (non-hydrogen) atoms. The highest BCUT2D eigenvalue weighted by atomic mass is 79.9. The predicted octanol–water partition coefficient (Wildman–Crippen LogP) is 5.03. The van der Waals surface area contributed by atoms with Gasteiger partial charge in [-0.2, -0.15) is 9.78 Å². The smallest absolute Gasteiger partial charge is 0.282 e. The molecule has 1 aromatic heterocycles. The van der Waals surface area contributed by atoms with Gasteiger partial charge in [-0.15, -0.1) is 0 Å². The van der Waals surface area contributed by atoms with E-state index in [4.69, 9.17) is 21.1 Å². The molecule has 1 N–H and O–H groups in total. The lowest BCUT2D eigenvalue weighted by molar-refractivity contribution is -0.118.